The first-order valence-corrected chi connectivity index (χ1v) is 7.44. The number of carbonyl (C=O) groups is 4. The standard InChI is InChI=1S/C16H16N2O5/c19-12-6-5-11(15(22)17-12)18-8-10-3-1-2-9(4-7-13(20)21)14(10)16(18)23/h1-3,11H,4-8H2,(H,20,21)(H,17,19,22). The van der Waals surface area contributed by atoms with E-state index < -0.39 is 17.9 Å². The van der Waals surface area contributed by atoms with Gasteiger partial charge < -0.3 is 10.0 Å². The van der Waals surface area contributed by atoms with Crippen molar-refractivity contribution in [2.45, 2.75) is 38.3 Å². The highest BCUT2D eigenvalue weighted by Crippen LogP contribution is 2.30. The number of aryl methyl sites for hydroxylation is 1. The summed E-state index contributed by atoms with van der Waals surface area (Å²) in [5.41, 5.74) is 1.98. The minimum absolute atomic E-state index is 0.0534. The van der Waals surface area contributed by atoms with Crippen molar-refractivity contribution in [1.82, 2.24) is 10.2 Å². The predicted octanol–water partition coefficient (Wildman–Crippen LogP) is 0.465. The molecule has 1 saturated heterocycles. The molecule has 2 aliphatic rings. The zero-order chi connectivity index (χ0) is 16.6. The summed E-state index contributed by atoms with van der Waals surface area (Å²) < 4.78 is 0. The van der Waals surface area contributed by atoms with Crippen LogP contribution in [0.4, 0.5) is 0 Å². The maximum atomic E-state index is 12.7. The van der Waals surface area contributed by atoms with E-state index in [0.717, 1.165) is 5.56 Å². The van der Waals surface area contributed by atoms with E-state index >= 15 is 0 Å². The maximum Gasteiger partial charge on any atom is 0.303 e. The maximum absolute atomic E-state index is 12.7. The first-order valence-electron chi connectivity index (χ1n) is 7.44. The third kappa shape index (κ3) is 2.81. The Labute approximate surface area is 132 Å². The second-order valence-corrected chi connectivity index (χ2v) is 5.74. The van der Waals surface area contributed by atoms with E-state index in [0.29, 0.717) is 24.1 Å². The molecule has 0 aromatic heterocycles. The van der Waals surface area contributed by atoms with Gasteiger partial charge in [0.15, 0.2) is 0 Å². The largest absolute Gasteiger partial charge is 0.481 e. The average Bonchev–Trinajstić information content (AvgIpc) is 2.83. The van der Waals surface area contributed by atoms with E-state index in [-0.39, 0.29) is 31.1 Å². The van der Waals surface area contributed by atoms with E-state index in [1.807, 2.05) is 6.07 Å². The van der Waals surface area contributed by atoms with Crippen molar-refractivity contribution in [2.24, 2.45) is 0 Å². The van der Waals surface area contributed by atoms with Crippen LogP contribution in [0, 0.1) is 0 Å². The molecular weight excluding hydrogens is 300 g/mol. The molecule has 3 amide bonds. The minimum Gasteiger partial charge on any atom is -0.481 e. The fraction of sp³-hybridized carbons (Fsp3) is 0.375. The molecule has 1 aromatic rings. The number of piperidine rings is 1. The number of hydrogen-bond donors (Lipinski definition) is 2. The number of nitrogens with one attached hydrogen (secondary N) is 1. The lowest BCUT2D eigenvalue weighted by molar-refractivity contribution is -0.138. The van der Waals surface area contributed by atoms with Crippen molar-refractivity contribution < 1.29 is 24.3 Å². The SMILES string of the molecule is O=C(O)CCc1cccc2c1C(=O)N(C1CCC(=O)NC1=O)C2. The molecule has 2 heterocycles. The Bertz CT molecular complexity index is 712. The molecule has 0 spiro atoms. The number of aliphatic carboxylic acids is 1. The third-order valence-corrected chi connectivity index (χ3v) is 4.25. The quantitative estimate of drug-likeness (QED) is 0.786. The molecule has 1 unspecified atom stereocenters. The first kappa shape index (κ1) is 15.2. The molecule has 0 saturated carbocycles. The molecule has 7 heteroatoms. The number of carboxylic acids is 1. The van der Waals surface area contributed by atoms with E-state index in [1.54, 1.807) is 12.1 Å². The number of carbonyl (C=O) groups excluding carboxylic acids is 3. The number of benzene rings is 1. The number of fused-ring (bicyclic) bond motifs is 1. The fourth-order valence-corrected chi connectivity index (χ4v) is 3.14. The van der Waals surface area contributed by atoms with Crippen molar-refractivity contribution >= 4 is 23.7 Å². The minimum atomic E-state index is -0.921. The zero-order valence-electron chi connectivity index (χ0n) is 12.4. The van der Waals surface area contributed by atoms with Crippen LogP contribution in [-0.2, 0) is 27.3 Å². The number of nitrogens with zero attached hydrogens (tertiary/aromatic N) is 1. The van der Waals surface area contributed by atoms with Gasteiger partial charge in [0.1, 0.15) is 6.04 Å². The zero-order valence-corrected chi connectivity index (χ0v) is 12.4. The van der Waals surface area contributed by atoms with Crippen LogP contribution in [0.5, 0.6) is 0 Å². The molecule has 23 heavy (non-hydrogen) atoms. The highest BCUT2D eigenvalue weighted by molar-refractivity contribution is 6.06. The van der Waals surface area contributed by atoms with Gasteiger partial charge in [0.25, 0.3) is 5.91 Å². The second-order valence-electron chi connectivity index (χ2n) is 5.74. The molecular formula is C16H16N2O5. The first-order chi connectivity index (χ1) is 11.0. The van der Waals surface area contributed by atoms with Crippen LogP contribution < -0.4 is 5.32 Å². The number of rotatable bonds is 4. The van der Waals surface area contributed by atoms with Crippen LogP contribution in [0.1, 0.15) is 40.7 Å². The lowest BCUT2D eigenvalue weighted by Crippen LogP contribution is -2.52. The lowest BCUT2D eigenvalue weighted by Gasteiger charge is -2.29. The van der Waals surface area contributed by atoms with Gasteiger partial charge in [-0.1, -0.05) is 18.2 Å². The van der Waals surface area contributed by atoms with Crippen molar-refractivity contribution in [3.8, 4) is 0 Å². The molecule has 0 aliphatic carbocycles. The molecule has 1 fully saturated rings. The molecule has 2 N–H and O–H groups in total. The summed E-state index contributed by atoms with van der Waals surface area (Å²) in [4.78, 5) is 48.2. The van der Waals surface area contributed by atoms with E-state index in [4.69, 9.17) is 5.11 Å². The van der Waals surface area contributed by atoms with Crippen LogP contribution in [0.25, 0.3) is 0 Å². The molecule has 120 valence electrons. The molecule has 2 aliphatic heterocycles. The topological polar surface area (TPSA) is 104 Å². The van der Waals surface area contributed by atoms with Gasteiger partial charge in [-0.3, -0.25) is 24.5 Å². The third-order valence-electron chi connectivity index (χ3n) is 4.25. The van der Waals surface area contributed by atoms with Crippen LogP contribution in [0.3, 0.4) is 0 Å². The van der Waals surface area contributed by atoms with Crippen molar-refractivity contribution in [1.29, 1.82) is 0 Å². The summed E-state index contributed by atoms with van der Waals surface area (Å²) in [6.45, 7) is 0.307. The van der Waals surface area contributed by atoms with Gasteiger partial charge in [-0.05, 0) is 24.0 Å². The van der Waals surface area contributed by atoms with E-state index in [9.17, 15) is 19.2 Å². The van der Waals surface area contributed by atoms with Gasteiger partial charge in [-0.25, -0.2) is 0 Å². The normalized spacial score (nSPS) is 20.4. The Hall–Kier alpha value is -2.70. The summed E-state index contributed by atoms with van der Waals surface area (Å²) in [5.74, 6) is -1.96. The molecule has 1 aromatic carbocycles. The van der Waals surface area contributed by atoms with Crippen molar-refractivity contribution in [2.75, 3.05) is 0 Å². The van der Waals surface area contributed by atoms with Crippen molar-refractivity contribution in [3.63, 3.8) is 0 Å². The number of carboxylic acid groups (broad SMARTS) is 1. The highest BCUT2D eigenvalue weighted by atomic mass is 16.4. The molecule has 1 atom stereocenters. The van der Waals surface area contributed by atoms with Gasteiger partial charge in [0.05, 0.1) is 0 Å². The summed E-state index contributed by atoms with van der Waals surface area (Å²) in [6.07, 6.45) is 0.743. The van der Waals surface area contributed by atoms with Crippen LogP contribution in [-0.4, -0.2) is 39.7 Å². The summed E-state index contributed by atoms with van der Waals surface area (Å²) in [5, 5.41) is 11.1. The Balaban J connectivity index is 1.84. The Morgan fingerprint density at radius 1 is 1.30 bits per heavy atom. The lowest BCUT2D eigenvalue weighted by atomic mass is 9.99. The summed E-state index contributed by atoms with van der Waals surface area (Å²) in [6, 6.07) is 4.69. The smallest absolute Gasteiger partial charge is 0.303 e. The second kappa shape index (κ2) is 5.83. The van der Waals surface area contributed by atoms with Crippen LogP contribution in [0.2, 0.25) is 0 Å². The Morgan fingerprint density at radius 3 is 2.78 bits per heavy atom. The fourth-order valence-electron chi connectivity index (χ4n) is 3.14. The number of imide groups is 1. The molecule has 0 radical (unpaired) electrons. The Kier molecular flexibility index (Phi) is 3.85. The van der Waals surface area contributed by atoms with Gasteiger partial charge in [-0.2, -0.15) is 0 Å². The monoisotopic (exact) mass is 316 g/mol. The van der Waals surface area contributed by atoms with Gasteiger partial charge in [-0.15, -0.1) is 0 Å². The van der Waals surface area contributed by atoms with Crippen LogP contribution >= 0.6 is 0 Å². The van der Waals surface area contributed by atoms with Gasteiger partial charge >= 0.3 is 5.97 Å². The molecule has 3 rings (SSSR count). The highest BCUT2D eigenvalue weighted by Gasteiger charge is 2.39. The van der Waals surface area contributed by atoms with E-state index in [1.165, 1.54) is 4.90 Å². The number of hydrogen-bond acceptors (Lipinski definition) is 4. The average molecular weight is 316 g/mol. The summed E-state index contributed by atoms with van der Waals surface area (Å²) in [7, 11) is 0. The predicted molar refractivity (Wildman–Crippen MR) is 78.4 cm³/mol. The Morgan fingerprint density at radius 2 is 2.09 bits per heavy atom. The molecule has 7 nitrogen and oxygen atoms in total. The molecule has 0 bridgehead atoms. The van der Waals surface area contributed by atoms with Crippen molar-refractivity contribution in [3.05, 3.63) is 34.9 Å². The van der Waals surface area contributed by atoms with Gasteiger partial charge in [0.2, 0.25) is 11.8 Å². The number of amides is 3. The van der Waals surface area contributed by atoms with Crippen LogP contribution in [0.15, 0.2) is 18.2 Å². The van der Waals surface area contributed by atoms with Gasteiger partial charge in [0, 0.05) is 24.9 Å². The summed E-state index contributed by atoms with van der Waals surface area (Å²) >= 11 is 0. The van der Waals surface area contributed by atoms with E-state index in [2.05, 4.69) is 5.32 Å².